The van der Waals surface area contributed by atoms with Gasteiger partial charge in [-0.1, -0.05) is 24.3 Å². The summed E-state index contributed by atoms with van der Waals surface area (Å²) in [6, 6.07) is 15.7. The van der Waals surface area contributed by atoms with Crippen molar-refractivity contribution in [2.45, 2.75) is 13.5 Å². The zero-order chi connectivity index (χ0) is 18.4. The molecule has 1 aliphatic heterocycles. The summed E-state index contributed by atoms with van der Waals surface area (Å²) in [6.07, 6.45) is 0. The highest BCUT2D eigenvalue weighted by Gasteiger charge is 2.11. The van der Waals surface area contributed by atoms with Gasteiger partial charge >= 0.3 is 0 Å². The summed E-state index contributed by atoms with van der Waals surface area (Å²) in [6.45, 7) is 6.25. The predicted octanol–water partition coefficient (Wildman–Crippen LogP) is 3.28. The minimum absolute atomic E-state index is 0.201. The standard InChI is InChI=1S/C20H22IN3O2/c1-15(17-6-8-19(21)9-7-17)22-23-20(25)18-4-2-16(3-5-18)14-24-10-12-26-13-11-24/h2-9H,10-14H2,1H3,(H,23,25). The predicted molar refractivity (Wildman–Crippen MR) is 111 cm³/mol. The molecular formula is C20H22IN3O2. The molecular weight excluding hydrogens is 441 g/mol. The highest BCUT2D eigenvalue weighted by Crippen LogP contribution is 2.10. The molecule has 0 bridgehead atoms. The molecule has 26 heavy (non-hydrogen) atoms. The second kappa shape index (κ2) is 9.25. The number of carbonyl (C=O) groups is 1. The van der Waals surface area contributed by atoms with Crippen molar-refractivity contribution in [3.63, 3.8) is 0 Å². The van der Waals surface area contributed by atoms with Crippen LogP contribution in [0, 0.1) is 3.57 Å². The van der Waals surface area contributed by atoms with Gasteiger partial charge in [0.2, 0.25) is 0 Å². The molecule has 0 saturated carbocycles. The number of ether oxygens (including phenoxy) is 1. The molecule has 1 aliphatic rings. The van der Waals surface area contributed by atoms with Gasteiger partial charge in [0.25, 0.3) is 5.91 Å². The Morgan fingerprint density at radius 3 is 2.35 bits per heavy atom. The van der Waals surface area contributed by atoms with Gasteiger partial charge in [0.05, 0.1) is 18.9 Å². The average Bonchev–Trinajstić information content (AvgIpc) is 2.68. The Morgan fingerprint density at radius 2 is 1.69 bits per heavy atom. The van der Waals surface area contributed by atoms with Crippen molar-refractivity contribution in [2.24, 2.45) is 5.10 Å². The van der Waals surface area contributed by atoms with Crippen molar-refractivity contribution in [1.82, 2.24) is 10.3 Å². The van der Waals surface area contributed by atoms with E-state index < -0.39 is 0 Å². The van der Waals surface area contributed by atoms with Gasteiger partial charge < -0.3 is 4.74 Å². The fourth-order valence-electron chi connectivity index (χ4n) is 2.73. The van der Waals surface area contributed by atoms with E-state index in [0.717, 1.165) is 44.1 Å². The number of nitrogens with zero attached hydrogens (tertiary/aromatic N) is 2. The molecule has 0 aliphatic carbocycles. The van der Waals surface area contributed by atoms with E-state index in [0.29, 0.717) is 5.56 Å². The SMILES string of the molecule is CC(=NNC(=O)c1ccc(CN2CCOCC2)cc1)c1ccc(I)cc1. The van der Waals surface area contributed by atoms with E-state index in [1.54, 1.807) is 0 Å². The number of morpholine rings is 1. The van der Waals surface area contributed by atoms with Gasteiger partial charge in [-0.2, -0.15) is 5.10 Å². The Kier molecular flexibility index (Phi) is 6.76. The first-order valence-corrected chi connectivity index (χ1v) is 9.69. The molecule has 0 aromatic heterocycles. The first-order chi connectivity index (χ1) is 12.6. The third-order valence-electron chi connectivity index (χ3n) is 4.31. The quantitative estimate of drug-likeness (QED) is 0.421. The molecule has 6 heteroatoms. The van der Waals surface area contributed by atoms with E-state index in [9.17, 15) is 4.79 Å². The molecule has 136 valence electrons. The minimum Gasteiger partial charge on any atom is -0.379 e. The van der Waals surface area contributed by atoms with Crippen molar-refractivity contribution >= 4 is 34.2 Å². The Labute approximate surface area is 167 Å². The topological polar surface area (TPSA) is 53.9 Å². The first-order valence-electron chi connectivity index (χ1n) is 8.61. The van der Waals surface area contributed by atoms with E-state index in [1.807, 2.05) is 55.5 Å². The minimum atomic E-state index is -0.201. The number of nitrogens with one attached hydrogen (secondary N) is 1. The van der Waals surface area contributed by atoms with Crippen LogP contribution in [0.25, 0.3) is 0 Å². The highest BCUT2D eigenvalue weighted by molar-refractivity contribution is 14.1. The third kappa shape index (κ3) is 5.36. The lowest BCUT2D eigenvalue weighted by Gasteiger charge is -2.26. The Balaban J connectivity index is 1.57. The lowest BCUT2D eigenvalue weighted by molar-refractivity contribution is 0.0342. The molecule has 1 N–H and O–H groups in total. The van der Waals surface area contributed by atoms with Gasteiger partial charge in [0, 0.05) is 28.8 Å². The second-order valence-corrected chi connectivity index (χ2v) is 7.48. The zero-order valence-electron chi connectivity index (χ0n) is 14.7. The number of rotatable bonds is 5. The van der Waals surface area contributed by atoms with E-state index in [-0.39, 0.29) is 5.91 Å². The number of hydrazone groups is 1. The van der Waals surface area contributed by atoms with Gasteiger partial charge in [-0.25, -0.2) is 5.43 Å². The molecule has 0 radical (unpaired) electrons. The lowest BCUT2D eigenvalue weighted by atomic mass is 10.1. The van der Waals surface area contributed by atoms with Crippen LogP contribution < -0.4 is 5.43 Å². The summed E-state index contributed by atoms with van der Waals surface area (Å²) < 4.78 is 6.53. The molecule has 1 fully saturated rings. The lowest BCUT2D eigenvalue weighted by Crippen LogP contribution is -2.35. The van der Waals surface area contributed by atoms with Crippen LogP contribution in [0.1, 0.15) is 28.4 Å². The number of amides is 1. The Hall–Kier alpha value is -1.77. The van der Waals surface area contributed by atoms with Crippen LogP contribution in [0.2, 0.25) is 0 Å². The molecule has 2 aromatic carbocycles. The van der Waals surface area contributed by atoms with Crippen molar-refractivity contribution in [2.75, 3.05) is 26.3 Å². The maximum Gasteiger partial charge on any atom is 0.271 e. The molecule has 1 heterocycles. The van der Waals surface area contributed by atoms with Gasteiger partial charge in [0.15, 0.2) is 0 Å². The molecule has 0 spiro atoms. The van der Waals surface area contributed by atoms with Crippen molar-refractivity contribution < 1.29 is 9.53 Å². The van der Waals surface area contributed by atoms with Crippen LogP contribution in [-0.2, 0) is 11.3 Å². The summed E-state index contributed by atoms with van der Waals surface area (Å²) in [5.74, 6) is -0.201. The number of hydrogen-bond donors (Lipinski definition) is 1. The number of benzene rings is 2. The van der Waals surface area contributed by atoms with E-state index in [4.69, 9.17) is 4.74 Å². The fraction of sp³-hybridized carbons (Fsp3) is 0.300. The summed E-state index contributed by atoms with van der Waals surface area (Å²) in [5.41, 5.74) is 6.20. The maximum atomic E-state index is 12.3. The van der Waals surface area contributed by atoms with Crippen molar-refractivity contribution in [3.8, 4) is 0 Å². The molecule has 3 rings (SSSR count). The van der Waals surface area contributed by atoms with Crippen LogP contribution >= 0.6 is 22.6 Å². The molecule has 1 amide bonds. The number of hydrogen-bond acceptors (Lipinski definition) is 4. The van der Waals surface area contributed by atoms with E-state index in [2.05, 4.69) is 38.0 Å². The van der Waals surface area contributed by atoms with E-state index in [1.165, 1.54) is 9.13 Å². The Morgan fingerprint density at radius 1 is 1.08 bits per heavy atom. The largest absolute Gasteiger partial charge is 0.379 e. The van der Waals surface area contributed by atoms with Gasteiger partial charge in [-0.05, 0) is 64.9 Å². The summed E-state index contributed by atoms with van der Waals surface area (Å²) >= 11 is 2.26. The monoisotopic (exact) mass is 463 g/mol. The normalized spacial score (nSPS) is 15.7. The third-order valence-corrected chi connectivity index (χ3v) is 5.03. The van der Waals surface area contributed by atoms with Crippen LogP contribution in [0.3, 0.4) is 0 Å². The Bertz CT molecular complexity index is 767. The number of carbonyl (C=O) groups excluding carboxylic acids is 1. The van der Waals surface area contributed by atoms with Crippen molar-refractivity contribution in [1.29, 1.82) is 0 Å². The second-order valence-electron chi connectivity index (χ2n) is 6.23. The van der Waals surface area contributed by atoms with Gasteiger partial charge in [-0.3, -0.25) is 9.69 Å². The molecule has 1 saturated heterocycles. The smallest absolute Gasteiger partial charge is 0.271 e. The van der Waals surface area contributed by atoms with Crippen LogP contribution in [0.15, 0.2) is 53.6 Å². The summed E-state index contributed by atoms with van der Waals surface area (Å²) in [4.78, 5) is 14.6. The zero-order valence-corrected chi connectivity index (χ0v) is 16.9. The van der Waals surface area contributed by atoms with Crippen LogP contribution in [0.4, 0.5) is 0 Å². The average molecular weight is 463 g/mol. The number of halogens is 1. The van der Waals surface area contributed by atoms with Crippen LogP contribution in [-0.4, -0.2) is 42.8 Å². The van der Waals surface area contributed by atoms with E-state index >= 15 is 0 Å². The fourth-order valence-corrected chi connectivity index (χ4v) is 3.09. The molecule has 0 unspecified atom stereocenters. The van der Waals surface area contributed by atoms with Gasteiger partial charge in [-0.15, -0.1) is 0 Å². The highest BCUT2D eigenvalue weighted by atomic mass is 127. The molecule has 2 aromatic rings. The maximum absolute atomic E-state index is 12.3. The van der Waals surface area contributed by atoms with Crippen molar-refractivity contribution in [3.05, 3.63) is 68.8 Å². The van der Waals surface area contributed by atoms with Gasteiger partial charge in [0.1, 0.15) is 0 Å². The summed E-state index contributed by atoms with van der Waals surface area (Å²) in [7, 11) is 0. The molecule has 0 atom stereocenters. The molecule has 5 nitrogen and oxygen atoms in total. The first kappa shape index (κ1) is 19.0. The summed E-state index contributed by atoms with van der Waals surface area (Å²) in [5, 5.41) is 4.21. The van der Waals surface area contributed by atoms with Crippen LogP contribution in [0.5, 0.6) is 0 Å².